The van der Waals surface area contributed by atoms with Gasteiger partial charge in [-0.05, 0) is 25.3 Å². The molecule has 0 atom stereocenters. The zero-order valence-electron chi connectivity index (χ0n) is 10.8. The summed E-state index contributed by atoms with van der Waals surface area (Å²) in [7, 11) is 0. The van der Waals surface area contributed by atoms with Gasteiger partial charge in [0.25, 0.3) is 0 Å². The Morgan fingerprint density at radius 1 is 1.31 bits per heavy atom. The number of carbonyl (C=O) groups is 1. The third-order valence-electron chi connectivity index (χ3n) is 1.98. The molecular weight excluding hydrogens is 204 g/mol. The zero-order chi connectivity index (χ0) is 12.2. The van der Waals surface area contributed by atoms with Crippen molar-refractivity contribution in [2.75, 3.05) is 32.8 Å². The molecule has 0 spiro atoms. The Labute approximate surface area is 99.1 Å². The van der Waals surface area contributed by atoms with Crippen LogP contribution in [0.15, 0.2) is 0 Å². The molecule has 0 aliphatic rings. The monoisotopic (exact) mass is 230 g/mol. The van der Waals surface area contributed by atoms with Crippen LogP contribution >= 0.6 is 0 Å². The molecule has 0 rings (SSSR count). The van der Waals surface area contributed by atoms with Crippen molar-refractivity contribution in [1.82, 2.24) is 10.6 Å². The standard InChI is InChI=1S/C12H26N2O2/c1-4-7-16-8-5-6-13-10-12(15)14-9-11(2)3/h11,13H,4-10H2,1-3H3,(H,14,15). The van der Waals surface area contributed by atoms with Crippen molar-refractivity contribution < 1.29 is 9.53 Å². The highest BCUT2D eigenvalue weighted by Gasteiger charge is 2.00. The minimum Gasteiger partial charge on any atom is -0.381 e. The lowest BCUT2D eigenvalue weighted by Gasteiger charge is -2.08. The Balaban J connectivity index is 3.15. The van der Waals surface area contributed by atoms with Crippen LogP contribution in [-0.2, 0) is 9.53 Å². The summed E-state index contributed by atoms with van der Waals surface area (Å²) >= 11 is 0. The van der Waals surface area contributed by atoms with Crippen LogP contribution in [0.4, 0.5) is 0 Å². The van der Waals surface area contributed by atoms with Crippen molar-refractivity contribution in [3.63, 3.8) is 0 Å². The third kappa shape index (κ3) is 11.5. The molecular formula is C12H26N2O2. The lowest BCUT2D eigenvalue weighted by Crippen LogP contribution is -2.36. The summed E-state index contributed by atoms with van der Waals surface area (Å²) in [5, 5.41) is 5.95. The van der Waals surface area contributed by atoms with Crippen LogP contribution in [0.25, 0.3) is 0 Å². The highest BCUT2D eigenvalue weighted by atomic mass is 16.5. The summed E-state index contributed by atoms with van der Waals surface area (Å²) in [4.78, 5) is 11.3. The van der Waals surface area contributed by atoms with E-state index in [4.69, 9.17) is 4.74 Å². The third-order valence-corrected chi connectivity index (χ3v) is 1.98. The lowest BCUT2D eigenvalue weighted by molar-refractivity contribution is -0.120. The molecule has 0 saturated carbocycles. The molecule has 2 N–H and O–H groups in total. The van der Waals surface area contributed by atoms with Crippen LogP contribution in [-0.4, -0.2) is 38.8 Å². The fourth-order valence-electron chi connectivity index (χ4n) is 1.13. The maximum Gasteiger partial charge on any atom is 0.233 e. The van der Waals surface area contributed by atoms with Gasteiger partial charge in [0.15, 0.2) is 0 Å². The summed E-state index contributed by atoms with van der Waals surface area (Å²) in [5.41, 5.74) is 0. The number of amides is 1. The van der Waals surface area contributed by atoms with E-state index >= 15 is 0 Å². The van der Waals surface area contributed by atoms with E-state index in [9.17, 15) is 4.79 Å². The van der Waals surface area contributed by atoms with Crippen LogP contribution in [0, 0.1) is 5.92 Å². The van der Waals surface area contributed by atoms with Crippen LogP contribution in [0.2, 0.25) is 0 Å². The van der Waals surface area contributed by atoms with Gasteiger partial charge in [-0.15, -0.1) is 0 Å². The predicted molar refractivity (Wildman–Crippen MR) is 66.4 cm³/mol. The van der Waals surface area contributed by atoms with Gasteiger partial charge in [0.2, 0.25) is 5.91 Å². The molecule has 0 radical (unpaired) electrons. The van der Waals surface area contributed by atoms with Gasteiger partial charge in [-0.1, -0.05) is 20.8 Å². The van der Waals surface area contributed by atoms with E-state index in [0.29, 0.717) is 12.5 Å². The first kappa shape index (κ1) is 15.4. The Morgan fingerprint density at radius 3 is 2.69 bits per heavy atom. The van der Waals surface area contributed by atoms with Gasteiger partial charge in [-0.25, -0.2) is 0 Å². The smallest absolute Gasteiger partial charge is 0.233 e. The van der Waals surface area contributed by atoms with Gasteiger partial charge in [0.05, 0.1) is 6.54 Å². The van der Waals surface area contributed by atoms with Crippen LogP contribution in [0.1, 0.15) is 33.6 Å². The van der Waals surface area contributed by atoms with E-state index in [1.54, 1.807) is 0 Å². The predicted octanol–water partition coefficient (Wildman–Crippen LogP) is 1.16. The molecule has 0 aromatic rings. The Kier molecular flexibility index (Phi) is 10.5. The molecule has 0 unspecified atom stereocenters. The van der Waals surface area contributed by atoms with Crippen LogP contribution < -0.4 is 10.6 Å². The van der Waals surface area contributed by atoms with Gasteiger partial charge in [-0.2, -0.15) is 0 Å². The average Bonchev–Trinajstić information content (AvgIpc) is 2.25. The molecule has 16 heavy (non-hydrogen) atoms. The Bertz CT molecular complexity index is 172. The lowest BCUT2D eigenvalue weighted by atomic mass is 10.2. The second-order valence-corrected chi connectivity index (χ2v) is 4.34. The highest BCUT2D eigenvalue weighted by Crippen LogP contribution is 1.86. The van der Waals surface area contributed by atoms with E-state index in [0.717, 1.165) is 39.1 Å². The molecule has 0 saturated heterocycles. The van der Waals surface area contributed by atoms with Crippen LogP contribution in [0.3, 0.4) is 0 Å². The van der Waals surface area contributed by atoms with Crippen molar-refractivity contribution in [2.24, 2.45) is 5.92 Å². The Hall–Kier alpha value is -0.610. The molecule has 4 heteroatoms. The minimum absolute atomic E-state index is 0.0724. The molecule has 0 aromatic carbocycles. The van der Waals surface area contributed by atoms with Gasteiger partial charge in [0, 0.05) is 19.8 Å². The number of rotatable bonds is 10. The van der Waals surface area contributed by atoms with Crippen molar-refractivity contribution in [1.29, 1.82) is 0 Å². The molecule has 0 aromatic heterocycles. The van der Waals surface area contributed by atoms with Crippen LogP contribution in [0.5, 0.6) is 0 Å². The van der Waals surface area contributed by atoms with Gasteiger partial charge >= 0.3 is 0 Å². The van der Waals surface area contributed by atoms with Gasteiger partial charge in [0.1, 0.15) is 0 Å². The fraction of sp³-hybridized carbons (Fsp3) is 0.917. The van der Waals surface area contributed by atoms with Crippen molar-refractivity contribution in [3.8, 4) is 0 Å². The number of hydrogen-bond donors (Lipinski definition) is 2. The quantitative estimate of drug-likeness (QED) is 0.554. The number of nitrogens with one attached hydrogen (secondary N) is 2. The SMILES string of the molecule is CCCOCCCNCC(=O)NCC(C)C. The van der Waals surface area contributed by atoms with Crippen molar-refractivity contribution in [3.05, 3.63) is 0 Å². The fourth-order valence-corrected chi connectivity index (χ4v) is 1.13. The summed E-state index contributed by atoms with van der Waals surface area (Å²) in [5.74, 6) is 0.578. The number of carbonyl (C=O) groups excluding carboxylic acids is 1. The highest BCUT2D eigenvalue weighted by molar-refractivity contribution is 5.77. The normalized spacial score (nSPS) is 10.8. The first-order valence-electron chi connectivity index (χ1n) is 6.22. The molecule has 0 heterocycles. The second-order valence-electron chi connectivity index (χ2n) is 4.34. The molecule has 0 aliphatic carbocycles. The first-order chi connectivity index (χ1) is 7.66. The molecule has 0 bridgehead atoms. The molecule has 4 nitrogen and oxygen atoms in total. The molecule has 0 aliphatic heterocycles. The zero-order valence-corrected chi connectivity index (χ0v) is 10.8. The second kappa shape index (κ2) is 10.9. The van der Waals surface area contributed by atoms with Gasteiger partial charge in [-0.3, -0.25) is 4.79 Å². The summed E-state index contributed by atoms with van der Waals surface area (Å²) in [6.45, 7) is 9.84. The molecule has 96 valence electrons. The Morgan fingerprint density at radius 2 is 2.06 bits per heavy atom. The van der Waals surface area contributed by atoms with Crippen molar-refractivity contribution >= 4 is 5.91 Å². The molecule has 1 amide bonds. The topological polar surface area (TPSA) is 50.4 Å². The van der Waals surface area contributed by atoms with E-state index in [1.807, 2.05) is 0 Å². The first-order valence-corrected chi connectivity index (χ1v) is 6.22. The maximum atomic E-state index is 11.3. The number of ether oxygens (including phenoxy) is 1. The van der Waals surface area contributed by atoms with Crippen molar-refractivity contribution in [2.45, 2.75) is 33.6 Å². The van der Waals surface area contributed by atoms with E-state index in [-0.39, 0.29) is 5.91 Å². The summed E-state index contributed by atoms with van der Waals surface area (Å²) in [6, 6.07) is 0. The average molecular weight is 230 g/mol. The van der Waals surface area contributed by atoms with Gasteiger partial charge < -0.3 is 15.4 Å². The largest absolute Gasteiger partial charge is 0.381 e. The summed E-state index contributed by atoms with van der Waals surface area (Å²) in [6.07, 6.45) is 2.02. The van der Waals surface area contributed by atoms with E-state index in [1.165, 1.54) is 0 Å². The number of hydrogen-bond acceptors (Lipinski definition) is 3. The molecule has 0 fully saturated rings. The van der Waals surface area contributed by atoms with E-state index in [2.05, 4.69) is 31.4 Å². The van der Waals surface area contributed by atoms with E-state index < -0.39 is 0 Å². The minimum atomic E-state index is 0.0724. The summed E-state index contributed by atoms with van der Waals surface area (Å²) < 4.78 is 5.33. The maximum absolute atomic E-state index is 11.3.